The van der Waals surface area contributed by atoms with Crippen LogP contribution in [0.25, 0.3) is 0 Å². The van der Waals surface area contributed by atoms with E-state index in [9.17, 15) is 0 Å². The van der Waals surface area contributed by atoms with E-state index in [4.69, 9.17) is 23.2 Å². The second kappa shape index (κ2) is 4.87. The summed E-state index contributed by atoms with van der Waals surface area (Å²) < 4.78 is 2.48. The molecule has 1 unspecified atom stereocenters. The minimum absolute atomic E-state index is 0.803. The molecule has 0 rings (SSSR count). The maximum absolute atomic E-state index is 5.89. The average molecular weight is 230 g/mol. The van der Waals surface area contributed by atoms with Gasteiger partial charge in [-0.1, -0.05) is 19.6 Å². The maximum atomic E-state index is 5.89. The van der Waals surface area contributed by atoms with Crippen molar-refractivity contribution in [1.82, 2.24) is 4.23 Å². The Labute approximate surface area is 82.4 Å². The molecule has 0 bridgehead atoms. The van der Waals surface area contributed by atoms with Gasteiger partial charge in [0.1, 0.15) is 17.2 Å². The third-order valence-electron chi connectivity index (χ3n) is 2.17. The van der Waals surface area contributed by atoms with E-state index in [1.165, 1.54) is 0 Å². The normalized spacial score (nSPS) is 15.5. The highest BCUT2D eigenvalue weighted by Crippen LogP contribution is 2.11. The summed E-state index contributed by atoms with van der Waals surface area (Å²) in [5, 5.41) is 0. The fraction of sp³-hybridized carbons (Fsp3) is 1.00. The topological polar surface area (TPSA) is 3.24 Å². The van der Waals surface area contributed by atoms with Crippen molar-refractivity contribution in [3.63, 3.8) is 0 Å². The van der Waals surface area contributed by atoms with E-state index in [1.807, 2.05) is 0 Å². The van der Waals surface area contributed by atoms with Gasteiger partial charge in [-0.3, -0.25) is 0 Å². The molecule has 0 aliphatic carbocycles. The third kappa shape index (κ3) is 3.46. The number of hydrogen-bond acceptors (Lipinski definition) is 1. The Morgan fingerprint density at radius 3 is 2.09 bits per heavy atom. The molecule has 0 aliphatic rings. The summed E-state index contributed by atoms with van der Waals surface area (Å²) in [7, 11) is 0.0438. The molecule has 0 aromatic rings. The van der Waals surface area contributed by atoms with Crippen LogP contribution < -0.4 is 0 Å². The van der Waals surface area contributed by atoms with Crippen molar-refractivity contribution in [1.29, 1.82) is 0 Å². The monoisotopic (exact) mass is 229 g/mol. The Morgan fingerprint density at radius 1 is 1.36 bits per heavy atom. The summed E-state index contributed by atoms with van der Waals surface area (Å²) in [4.78, 5) is 0. The first-order valence-corrected chi connectivity index (χ1v) is 10.5. The molecule has 0 fully saturated rings. The predicted molar refractivity (Wildman–Crippen MR) is 59.7 cm³/mol. The van der Waals surface area contributed by atoms with Crippen LogP contribution in [0.2, 0.25) is 19.6 Å². The van der Waals surface area contributed by atoms with Gasteiger partial charge in [-0.15, -0.1) is 23.2 Å². The van der Waals surface area contributed by atoms with E-state index in [-0.39, 0.29) is 0 Å². The van der Waals surface area contributed by atoms with E-state index < -0.39 is 17.2 Å². The Morgan fingerprint density at radius 2 is 1.82 bits per heavy atom. The molecule has 0 spiro atoms. The van der Waals surface area contributed by atoms with Crippen molar-refractivity contribution in [3.05, 3.63) is 0 Å². The van der Waals surface area contributed by atoms with Gasteiger partial charge in [0.2, 0.25) is 0 Å². The predicted octanol–water partition coefficient (Wildman–Crippen LogP) is 2.03. The van der Waals surface area contributed by atoms with Crippen LogP contribution in [0.3, 0.4) is 0 Å². The molecule has 0 radical (unpaired) electrons. The Hall–Kier alpha value is 0.974. The number of rotatable bonds is 4. The van der Waals surface area contributed by atoms with Crippen LogP contribution in [0, 0.1) is 0 Å². The van der Waals surface area contributed by atoms with Gasteiger partial charge in [0.15, 0.2) is 0 Å². The van der Waals surface area contributed by atoms with E-state index in [2.05, 4.69) is 30.9 Å². The lowest BCUT2D eigenvalue weighted by Gasteiger charge is -2.35. The van der Waals surface area contributed by atoms with Gasteiger partial charge in [0, 0.05) is 11.0 Å². The fourth-order valence-corrected chi connectivity index (χ4v) is 8.39. The van der Waals surface area contributed by atoms with E-state index in [1.54, 1.807) is 0 Å². The smallest absolute Gasteiger partial charge is 0.130 e. The minimum Gasteiger partial charge on any atom is -0.349 e. The Bertz CT molecular complexity index is 121. The van der Waals surface area contributed by atoms with Crippen LogP contribution in [0.5, 0.6) is 0 Å². The van der Waals surface area contributed by atoms with Gasteiger partial charge in [0.25, 0.3) is 0 Å². The van der Waals surface area contributed by atoms with Crippen molar-refractivity contribution in [2.75, 3.05) is 18.1 Å². The summed E-state index contributed by atoms with van der Waals surface area (Å²) in [6, 6.07) is 0. The fourth-order valence-electron chi connectivity index (χ4n) is 0.794. The second-order valence-corrected chi connectivity index (χ2v) is 13.2. The lowest BCUT2D eigenvalue weighted by Crippen LogP contribution is -2.55. The molecule has 0 heterocycles. The molecular weight excluding hydrogens is 213 g/mol. The Balaban J connectivity index is 4.10. The van der Waals surface area contributed by atoms with E-state index in [0.29, 0.717) is 0 Å². The molecule has 1 nitrogen and oxygen atoms in total. The zero-order chi connectivity index (χ0) is 9.07. The first-order chi connectivity index (χ1) is 4.95. The number of hydrogen-bond donors (Lipinski definition) is 0. The van der Waals surface area contributed by atoms with Crippen molar-refractivity contribution in [2.24, 2.45) is 0 Å². The van der Waals surface area contributed by atoms with Crippen LogP contribution >= 0.6 is 23.2 Å². The number of nitrogens with zero attached hydrogens (tertiary/aromatic N) is 1. The molecule has 0 saturated carbocycles. The SMILES string of the molecule is CN([SiH](C)CCl)[Si](C)(C)CCl. The molecule has 1 atom stereocenters. The molecule has 0 amide bonds. The zero-order valence-electron chi connectivity index (χ0n) is 7.69. The van der Waals surface area contributed by atoms with Crippen LogP contribution in [-0.4, -0.2) is 39.5 Å². The average Bonchev–Trinajstić information content (AvgIpc) is 2.01. The molecule has 5 heteroatoms. The summed E-state index contributed by atoms with van der Waals surface area (Å²) in [6.45, 7) is 6.85. The summed E-state index contributed by atoms with van der Waals surface area (Å²) in [5.41, 5.74) is 1.63. The van der Waals surface area contributed by atoms with Crippen molar-refractivity contribution in [3.8, 4) is 0 Å². The number of halogens is 2. The van der Waals surface area contributed by atoms with Gasteiger partial charge >= 0.3 is 0 Å². The van der Waals surface area contributed by atoms with E-state index >= 15 is 0 Å². The molecule has 11 heavy (non-hydrogen) atoms. The highest BCUT2D eigenvalue weighted by molar-refractivity contribution is 6.88. The second-order valence-electron chi connectivity index (χ2n) is 3.56. The van der Waals surface area contributed by atoms with Gasteiger partial charge in [-0.2, -0.15) is 0 Å². The zero-order valence-corrected chi connectivity index (χ0v) is 11.4. The van der Waals surface area contributed by atoms with Gasteiger partial charge in [0.05, 0.1) is 0 Å². The molecular formula is C6H17Cl2NSi2. The molecule has 0 aromatic heterocycles. The Kier molecular flexibility index (Phi) is 5.30. The first-order valence-electron chi connectivity index (χ1n) is 3.80. The maximum Gasteiger partial charge on any atom is 0.130 e. The lowest BCUT2D eigenvalue weighted by molar-refractivity contribution is 0.780. The van der Waals surface area contributed by atoms with Crippen LogP contribution in [0.1, 0.15) is 0 Å². The van der Waals surface area contributed by atoms with E-state index in [0.717, 1.165) is 11.0 Å². The highest BCUT2D eigenvalue weighted by Gasteiger charge is 2.28. The quantitative estimate of drug-likeness (QED) is 0.527. The summed E-state index contributed by atoms with van der Waals surface area (Å²) in [5.74, 6) is 0. The van der Waals surface area contributed by atoms with Crippen LogP contribution in [-0.2, 0) is 0 Å². The van der Waals surface area contributed by atoms with Crippen molar-refractivity contribution in [2.45, 2.75) is 19.6 Å². The standard InChI is InChI=1S/C6H17Cl2NSi2/c1-9(10(2)5-7)11(3,4)6-8/h10H,5-6H2,1-4H3. The van der Waals surface area contributed by atoms with Crippen LogP contribution in [0.15, 0.2) is 0 Å². The van der Waals surface area contributed by atoms with Crippen molar-refractivity contribution >= 4 is 40.4 Å². The van der Waals surface area contributed by atoms with Gasteiger partial charge in [-0.05, 0) is 7.05 Å². The largest absolute Gasteiger partial charge is 0.349 e. The minimum atomic E-state index is -1.29. The summed E-state index contributed by atoms with van der Waals surface area (Å²) in [6.07, 6.45) is 0. The van der Waals surface area contributed by atoms with Gasteiger partial charge in [-0.25, -0.2) is 0 Å². The van der Waals surface area contributed by atoms with Crippen molar-refractivity contribution < 1.29 is 0 Å². The molecule has 0 N–H and O–H groups in total. The lowest BCUT2D eigenvalue weighted by atomic mass is 11.6. The first kappa shape index (κ1) is 12.0. The summed E-state index contributed by atoms with van der Waals surface area (Å²) >= 11 is 11.7. The molecule has 68 valence electrons. The van der Waals surface area contributed by atoms with Crippen LogP contribution in [0.4, 0.5) is 0 Å². The highest BCUT2D eigenvalue weighted by atomic mass is 35.5. The number of alkyl halides is 2. The molecule has 0 saturated heterocycles. The third-order valence-corrected chi connectivity index (χ3v) is 13.2. The van der Waals surface area contributed by atoms with Gasteiger partial charge < -0.3 is 4.23 Å². The molecule has 0 aromatic carbocycles. The molecule has 0 aliphatic heterocycles.